The summed E-state index contributed by atoms with van der Waals surface area (Å²) in [5, 5.41) is 9.05. The number of nitriles is 1. The van der Waals surface area contributed by atoms with Gasteiger partial charge >= 0.3 is 0 Å². The normalized spacial score (nSPS) is 19.7. The summed E-state index contributed by atoms with van der Waals surface area (Å²) in [5.74, 6) is 0. The molecular weight excluding hydrogens is 176 g/mol. The first kappa shape index (κ1) is 9.13. The third kappa shape index (κ3) is 1.60. The van der Waals surface area contributed by atoms with E-state index in [4.69, 9.17) is 11.0 Å². The molecule has 0 saturated carbocycles. The number of hydrogen-bond donors (Lipinski definition) is 1. The molecule has 0 radical (unpaired) electrons. The lowest BCUT2D eigenvalue weighted by Crippen LogP contribution is -2.56. The summed E-state index contributed by atoms with van der Waals surface area (Å²) < 4.78 is 0. The Morgan fingerprint density at radius 2 is 2.14 bits per heavy atom. The SMILES string of the molecule is N#C[C@@H](c1ccncc1)N1CC(N)C1. The van der Waals surface area contributed by atoms with Crippen LogP contribution in [0.4, 0.5) is 0 Å². The molecule has 14 heavy (non-hydrogen) atoms. The van der Waals surface area contributed by atoms with E-state index >= 15 is 0 Å². The van der Waals surface area contributed by atoms with Crippen LogP contribution in [0.2, 0.25) is 0 Å². The zero-order valence-corrected chi connectivity index (χ0v) is 7.80. The van der Waals surface area contributed by atoms with Crippen molar-refractivity contribution in [2.45, 2.75) is 12.1 Å². The molecule has 1 aliphatic rings. The highest BCUT2D eigenvalue weighted by atomic mass is 15.2. The van der Waals surface area contributed by atoms with Gasteiger partial charge in [-0.1, -0.05) is 0 Å². The first-order chi connectivity index (χ1) is 6.81. The number of aromatic nitrogens is 1. The lowest BCUT2D eigenvalue weighted by molar-refractivity contribution is 0.121. The van der Waals surface area contributed by atoms with Crippen LogP contribution < -0.4 is 5.73 Å². The van der Waals surface area contributed by atoms with Gasteiger partial charge in [0.05, 0.1) is 6.07 Å². The highest BCUT2D eigenvalue weighted by Gasteiger charge is 2.30. The summed E-state index contributed by atoms with van der Waals surface area (Å²) in [7, 11) is 0. The van der Waals surface area contributed by atoms with E-state index in [1.807, 2.05) is 12.1 Å². The van der Waals surface area contributed by atoms with Crippen LogP contribution in [0.25, 0.3) is 0 Å². The summed E-state index contributed by atoms with van der Waals surface area (Å²) >= 11 is 0. The minimum Gasteiger partial charge on any atom is -0.325 e. The largest absolute Gasteiger partial charge is 0.325 e. The molecule has 2 rings (SSSR count). The average Bonchev–Trinajstić information content (AvgIpc) is 2.18. The predicted octanol–water partition coefficient (Wildman–Crippen LogP) is 0.289. The van der Waals surface area contributed by atoms with E-state index in [2.05, 4.69) is 16.0 Å². The van der Waals surface area contributed by atoms with Crippen LogP contribution in [0.3, 0.4) is 0 Å². The van der Waals surface area contributed by atoms with Gasteiger partial charge in [-0.2, -0.15) is 5.26 Å². The van der Waals surface area contributed by atoms with Gasteiger partial charge in [-0.3, -0.25) is 9.88 Å². The Morgan fingerprint density at radius 1 is 1.50 bits per heavy atom. The number of nitrogens with two attached hydrogens (primary N) is 1. The zero-order valence-electron chi connectivity index (χ0n) is 7.80. The molecule has 1 aromatic heterocycles. The second-order valence-electron chi connectivity index (χ2n) is 3.53. The predicted molar refractivity (Wildman–Crippen MR) is 52.1 cm³/mol. The van der Waals surface area contributed by atoms with Gasteiger partial charge in [0.2, 0.25) is 0 Å². The van der Waals surface area contributed by atoms with Crippen molar-refractivity contribution in [3.8, 4) is 6.07 Å². The van der Waals surface area contributed by atoms with E-state index in [1.54, 1.807) is 12.4 Å². The van der Waals surface area contributed by atoms with Crippen LogP contribution in [-0.2, 0) is 0 Å². The van der Waals surface area contributed by atoms with E-state index in [9.17, 15) is 0 Å². The van der Waals surface area contributed by atoms with Crippen molar-refractivity contribution in [2.75, 3.05) is 13.1 Å². The summed E-state index contributed by atoms with van der Waals surface area (Å²) in [5.41, 5.74) is 6.67. The third-order valence-electron chi connectivity index (χ3n) is 2.45. The van der Waals surface area contributed by atoms with Crippen LogP contribution in [0.15, 0.2) is 24.5 Å². The van der Waals surface area contributed by atoms with Crippen molar-refractivity contribution in [3.63, 3.8) is 0 Å². The van der Waals surface area contributed by atoms with Crippen molar-refractivity contribution >= 4 is 0 Å². The van der Waals surface area contributed by atoms with Crippen LogP contribution in [0, 0.1) is 11.3 Å². The van der Waals surface area contributed by atoms with Gasteiger partial charge < -0.3 is 5.73 Å². The molecule has 4 nitrogen and oxygen atoms in total. The molecule has 1 aromatic rings. The van der Waals surface area contributed by atoms with Gasteiger partial charge in [0.1, 0.15) is 6.04 Å². The summed E-state index contributed by atoms with van der Waals surface area (Å²) in [6.45, 7) is 1.61. The molecule has 0 bridgehead atoms. The van der Waals surface area contributed by atoms with Crippen molar-refractivity contribution < 1.29 is 0 Å². The Bertz CT molecular complexity index is 337. The lowest BCUT2D eigenvalue weighted by atomic mass is 10.0. The first-order valence-corrected chi connectivity index (χ1v) is 4.60. The fourth-order valence-electron chi connectivity index (χ4n) is 1.67. The van der Waals surface area contributed by atoms with E-state index < -0.39 is 0 Å². The highest BCUT2D eigenvalue weighted by molar-refractivity contribution is 5.22. The Balaban J connectivity index is 2.12. The number of likely N-dealkylation sites (tertiary alicyclic amines) is 1. The fourth-order valence-corrected chi connectivity index (χ4v) is 1.67. The molecule has 1 aliphatic heterocycles. The number of hydrogen-bond acceptors (Lipinski definition) is 4. The second-order valence-corrected chi connectivity index (χ2v) is 3.53. The summed E-state index contributed by atoms with van der Waals surface area (Å²) in [4.78, 5) is 6.00. The maximum absolute atomic E-state index is 9.05. The van der Waals surface area contributed by atoms with Crippen LogP contribution in [-0.4, -0.2) is 29.0 Å². The van der Waals surface area contributed by atoms with Crippen molar-refractivity contribution in [3.05, 3.63) is 30.1 Å². The Morgan fingerprint density at radius 3 is 2.64 bits per heavy atom. The van der Waals surface area contributed by atoms with E-state index in [0.29, 0.717) is 0 Å². The fraction of sp³-hybridized carbons (Fsp3) is 0.400. The second kappa shape index (κ2) is 3.74. The quantitative estimate of drug-likeness (QED) is 0.724. The van der Waals surface area contributed by atoms with Gasteiger partial charge in [0.25, 0.3) is 0 Å². The molecule has 1 fully saturated rings. The van der Waals surface area contributed by atoms with Crippen molar-refractivity contribution in [1.29, 1.82) is 5.26 Å². The molecule has 0 aliphatic carbocycles. The zero-order chi connectivity index (χ0) is 9.97. The molecule has 1 saturated heterocycles. The Kier molecular flexibility index (Phi) is 2.44. The minimum absolute atomic E-state index is 0.169. The van der Waals surface area contributed by atoms with Crippen molar-refractivity contribution in [2.24, 2.45) is 5.73 Å². The molecule has 2 N–H and O–H groups in total. The van der Waals surface area contributed by atoms with Crippen molar-refractivity contribution in [1.82, 2.24) is 9.88 Å². The van der Waals surface area contributed by atoms with Crippen LogP contribution >= 0.6 is 0 Å². The maximum atomic E-state index is 9.05. The number of nitrogens with zero attached hydrogens (tertiary/aromatic N) is 3. The summed E-state index contributed by atoms with van der Waals surface area (Å²) in [6.07, 6.45) is 3.42. The van der Waals surface area contributed by atoms with E-state index in [-0.39, 0.29) is 12.1 Å². The molecule has 2 heterocycles. The smallest absolute Gasteiger partial charge is 0.124 e. The summed E-state index contributed by atoms with van der Waals surface area (Å²) in [6, 6.07) is 6.09. The molecule has 0 unspecified atom stereocenters. The third-order valence-corrected chi connectivity index (χ3v) is 2.45. The molecule has 0 amide bonds. The molecular formula is C10H12N4. The number of pyridine rings is 1. The molecule has 72 valence electrons. The van der Waals surface area contributed by atoms with Crippen LogP contribution in [0.5, 0.6) is 0 Å². The molecule has 0 spiro atoms. The van der Waals surface area contributed by atoms with Crippen LogP contribution in [0.1, 0.15) is 11.6 Å². The van der Waals surface area contributed by atoms with E-state index in [1.165, 1.54) is 0 Å². The van der Waals surface area contributed by atoms with E-state index in [0.717, 1.165) is 18.7 Å². The molecule has 1 atom stereocenters. The van der Waals surface area contributed by atoms with Gasteiger partial charge in [-0.05, 0) is 17.7 Å². The van der Waals surface area contributed by atoms with Gasteiger partial charge in [-0.15, -0.1) is 0 Å². The highest BCUT2D eigenvalue weighted by Crippen LogP contribution is 2.23. The average molecular weight is 188 g/mol. The Labute approximate surface area is 83.0 Å². The van der Waals surface area contributed by atoms with Gasteiger partial charge in [-0.25, -0.2) is 0 Å². The Hall–Kier alpha value is -1.44. The maximum Gasteiger partial charge on any atom is 0.124 e. The monoisotopic (exact) mass is 188 g/mol. The first-order valence-electron chi connectivity index (χ1n) is 4.60. The minimum atomic E-state index is -0.169. The lowest BCUT2D eigenvalue weighted by Gasteiger charge is -2.39. The molecule has 0 aromatic carbocycles. The topological polar surface area (TPSA) is 65.9 Å². The number of rotatable bonds is 2. The van der Waals surface area contributed by atoms with Gasteiger partial charge in [0.15, 0.2) is 0 Å². The standard InChI is InChI=1S/C10H12N4/c11-5-10(14-6-9(12)7-14)8-1-3-13-4-2-8/h1-4,9-10H,6-7,12H2/t10-/m0/s1. The van der Waals surface area contributed by atoms with Gasteiger partial charge in [0, 0.05) is 31.5 Å². The molecule has 4 heteroatoms.